The normalized spacial score (nSPS) is 11.2. The molecule has 1 amide bonds. The second-order valence-corrected chi connectivity index (χ2v) is 8.89. The van der Waals surface area contributed by atoms with Crippen molar-refractivity contribution < 1.29 is 14.3 Å². The summed E-state index contributed by atoms with van der Waals surface area (Å²) in [7, 11) is 1.59. The monoisotopic (exact) mass is 439 g/mol. The molecule has 0 aliphatic rings. The van der Waals surface area contributed by atoms with Crippen molar-refractivity contribution in [1.82, 2.24) is 25.1 Å². The molecule has 8 nitrogen and oxygen atoms in total. The van der Waals surface area contributed by atoms with Crippen LogP contribution in [-0.4, -0.2) is 56.2 Å². The maximum absolute atomic E-state index is 13.0. The predicted octanol–water partition coefficient (Wildman–Crippen LogP) is 3.37. The van der Waals surface area contributed by atoms with Crippen LogP contribution in [0.4, 0.5) is 0 Å². The van der Waals surface area contributed by atoms with Gasteiger partial charge in [-0.25, -0.2) is 0 Å². The number of carbonyl (C=O) groups is 2. The van der Waals surface area contributed by atoms with E-state index in [1.54, 1.807) is 44.6 Å². The zero-order valence-electron chi connectivity index (χ0n) is 18.0. The summed E-state index contributed by atoms with van der Waals surface area (Å²) < 4.78 is 6.99. The molecule has 0 fully saturated rings. The first-order chi connectivity index (χ1) is 14.7. The number of thioether (sulfide) groups is 1. The van der Waals surface area contributed by atoms with Gasteiger partial charge in [0.25, 0.3) is 5.91 Å². The highest BCUT2D eigenvalue weighted by Crippen LogP contribution is 2.27. The van der Waals surface area contributed by atoms with Gasteiger partial charge >= 0.3 is 5.97 Å². The lowest BCUT2D eigenvalue weighted by Crippen LogP contribution is -2.36. The Bertz CT molecular complexity index is 1050. The second-order valence-electron chi connectivity index (χ2n) is 7.87. The third-order valence-electron chi connectivity index (χ3n) is 4.14. The van der Waals surface area contributed by atoms with Crippen LogP contribution in [0.5, 0.6) is 0 Å². The molecule has 0 atom stereocenters. The molecule has 3 aromatic rings. The molecule has 0 unspecified atom stereocenters. The summed E-state index contributed by atoms with van der Waals surface area (Å²) in [6.07, 6.45) is 0. The zero-order valence-corrected chi connectivity index (χ0v) is 18.8. The van der Waals surface area contributed by atoms with Crippen molar-refractivity contribution >= 4 is 23.6 Å². The molecule has 0 spiro atoms. The van der Waals surface area contributed by atoms with E-state index >= 15 is 0 Å². The van der Waals surface area contributed by atoms with Crippen LogP contribution < -0.4 is 0 Å². The van der Waals surface area contributed by atoms with Gasteiger partial charge in [0.2, 0.25) is 0 Å². The second kappa shape index (κ2) is 9.74. The Morgan fingerprint density at radius 2 is 1.74 bits per heavy atom. The van der Waals surface area contributed by atoms with Crippen molar-refractivity contribution in [2.75, 3.05) is 13.6 Å². The molecule has 31 heavy (non-hydrogen) atoms. The molecule has 0 bridgehead atoms. The number of nitrogens with zero attached hydrogens (tertiary/aromatic N) is 5. The van der Waals surface area contributed by atoms with Crippen molar-refractivity contribution in [3.05, 3.63) is 66.0 Å². The van der Waals surface area contributed by atoms with Crippen LogP contribution in [0.15, 0.2) is 59.5 Å². The van der Waals surface area contributed by atoms with Crippen LogP contribution in [-0.2, 0) is 15.3 Å². The Balaban J connectivity index is 1.71. The first-order valence-corrected chi connectivity index (χ1v) is 10.7. The minimum Gasteiger partial charge on any atom is -0.459 e. The number of likely N-dealkylation sites (N-methyl/N-ethyl adjacent to an activating group) is 1. The first kappa shape index (κ1) is 22.5. The van der Waals surface area contributed by atoms with Crippen molar-refractivity contribution in [3.63, 3.8) is 0 Å². The fourth-order valence-corrected chi connectivity index (χ4v) is 3.77. The highest BCUT2D eigenvalue weighted by atomic mass is 32.2. The molecule has 3 rings (SSSR count). The first-order valence-electron chi connectivity index (χ1n) is 9.76. The molecule has 0 aliphatic heterocycles. The fraction of sp³-hybridized carbons (Fsp3) is 0.318. The van der Waals surface area contributed by atoms with E-state index in [4.69, 9.17) is 4.74 Å². The number of tetrazole rings is 1. The smallest absolute Gasteiger partial charge is 0.326 e. The van der Waals surface area contributed by atoms with Crippen molar-refractivity contribution in [2.24, 2.45) is 0 Å². The Labute approximate surface area is 185 Å². The summed E-state index contributed by atoms with van der Waals surface area (Å²) in [5.41, 5.74) is 0.777. The van der Waals surface area contributed by atoms with Crippen LogP contribution in [0.1, 0.15) is 37.0 Å². The lowest BCUT2D eigenvalue weighted by atomic mass is 10.2. The average molecular weight is 440 g/mol. The van der Waals surface area contributed by atoms with E-state index in [2.05, 4.69) is 15.5 Å². The Hall–Kier alpha value is -3.20. The van der Waals surface area contributed by atoms with Gasteiger partial charge in [-0.15, -0.1) is 16.9 Å². The predicted molar refractivity (Wildman–Crippen MR) is 118 cm³/mol. The van der Waals surface area contributed by atoms with Gasteiger partial charge in [-0.3, -0.25) is 9.59 Å². The molecule has 0 N–H and O–H groups in total. The standard InChI is InChI=1S/C22H25N5O3S/c1-22(2,3)30-20(28)14-26(4)21(29)17-12-8-9-13-18(17)31-15-19-23-24-25-27(19)16-10-6-5-7-11-16/h5-13H,14-15H2,1-4H3. The van der Waals surface area contributed by atoms with Crippen LogP contribution in [0.25, 0.3) is 5.69 Å². The molecule has 2 aromatic carbocycles. The number of aromatic nitrogens is 4. The number of hydrogen-bond acceptors (Lipinski definition) is 7. The summed E-state index contributed by atoms with van der Waals surface area (Å²) >= 11 is 1.46. The molecule has 1 heterocycles. The van der Waals surface area contributed by atoms with Gasteiger partial charge in [0.05, 0.1) is 17.0 Å². The van der Waals surface area contributed by atoms with Crippen LogP contribution in [0.3, 0.4) is 0 Å². The Kier molecular flexibility index (Phi) is 7.06. The highest BCUT2D eigenvalue weighted by Gasteiger charge is 2.22. The number of ether oxygens (including phenoxy) is 1. The number of hydrogen-bond donors (Lipinski definition) is 0. The number of esters is 1. The number of amides is 1. The number of para-hydroxylation sites is 1. The number of benzene rings is 2. The largest absolute Gasteiger partial charge is 0.459 e. The topological polar surface area (TPSA) is 90.2 Å². The molecule has 9 heteroatoms. The van der Waals surface area contributed by atoms with E-state index in [1.807, 2.05) is 42.5 Å². The van der Waals surface area contributed by atoms with E-state index in [-0.39, 0.29) is 12.5 Å². The summed E-state index contributed by atoms with van der Waals surface area (Å²) in [5.74, 6) is 0.440. The summed E-state index contributed by atoms with van der Waals surface area (Å²) in [4.78, 5) is 27.2. The van der Waals surface area contributed by atoms with Crippen LogP contribution in [0.2, 0.25) is 0 Å². The zero-order chi connectivity index (χ0) is 22.4. The van der Waals surface area contributed by atoms with Gasteiger partial charge < -0.3 is 9.64 Å². The van der Waals surface area contributed by atoms with E-state index in [1.165, 1.54) is 16.7 Å². The molecule has 0 saturated carbocycles. The molecular weight excluding hydrogens is 414 g/mol. The van der Waals surface area contributed by atoms with Gasteiger partial charge in [-0.1, -0.05) is 30.3 Å². The fourth-order valence-electron chi connectivity index (χ4n) is 2.82. The van der Waals surface area contributed by atoms with Crippen molar-refractivity contribution in [1.29, 1.82) is 0 Å². The molecule has 0 radical (unpaired) electrons. The lowest BCUT2D eigenvalue weighted by Gasteiger charge is -2.23. The maximum Gasteiger partial charge on any atom is 0.326 e. The quantitative estimate of drug-likeness (QED) is 0.412. The van der Waals surface area contributed by atoms with Crippen molar-refractivity contribution in [2.45, 2.75) is 37.0 Å². The van der Waals surface area contributed by atoms with E-state index < -0.39 is 11.6 Å². The van der Waals surface area contributed by atoms with Gasteiger partial charge in [0.15, 0.2) is 5.82 Å². The summed E-state index contributed by atoms with van der Waals surface area (Å²) in [6.45, 7) is 5.26. The van der Waals surface area contributed by atoms with Gasteiger partial charge in [0, 0.05) is 11.9 Å². The third-order valence-corrected chi connectivity index (χ3v) is 5.21. The number of carbonyl (C=O) groups excluding carboxylic acids is 2. The van der Waals surface area contributed by atoms with Crippen LogP contribution >= 0.6 is 11.8 Å². The van der Waals surface area contributed by atoms with Gasteiger partial charge in [-0.05, 0) is 55.5 Å². The third kappa shape index (κ3) is 6.14. The highest BCUT2D eigenvalue weighted by molar-refractivity contribution is 7.98. The average Bonchev–Trinajstić information content (AvgIpc) is 3.19. The van der Waals surface area contributed by atoms with E-state index in [0.29, 0.717) is 17.1 Å². The molecule has 162 valence electrons. The van der Waals surface area contributed by atoms with E-state index in [9.17, 15) is 9.59 Å². The van der Waals surface area contributed by atoms with E-state index in [0.717, 1.165) is 10.6 Å². The molecule has 0 aliphatic carbocycles. The van der Waals surface area contributed by atoms with Crippen LogP contribution in [0, 0.1) is 0 Å². The Morgan fingerprint density at radius 3 is 2.45 bits per heavy atom. The molecular formula is C22H25N5O3S. The van der Waals surface area contributed by atoms with Crippen molar-refractivity contribution in [3.8, 4) is 5.69 Å². The van der Waals surface area contributed by atoms with Gasteiger partial charge in [-0.2, -0.15) is 4.68 Å². The summed E-state index contributed by atoms with van der Waals surface area (Å²) in [6, 6.07) is 16.9. The lowest BCUT2D eigenvalue weighted by molar-refractivity contribution is -0.155. The summed E-state index contributed by atoms with van der Waals surface area (Å²) in [5, 5.41) is 12.0. The number of rotatable bonds is 7. The SMILES string of the molecule is CN(CC(=O)OC(C)(C)C)C(=O)c1ccccc1SCc1nnnn1-c1ccccc1. The minimum atomic E-state index is -0.600. The Morgan fingerprint density at radius 1 is 1.06 bits per heavy atom. The van der Waals surface area contributed by atoms with Gasteiger partial charge in [0.1, 0.15) is 12.1 Å². The molecule has 0 saturated heterocycles. The minimum absolute atomic E-state index is 0.124. The molecule has 1 aromatic heterocycles. The maximum atomic E-state index is 13.0.